The van der Waals surface area contributed by atoms with Gasteiger partial charge in [0.2, 0.25) is 0 Å². The van der Waals surface area contributed by atoms with Crippen molar-refractivity contribution in [3.63, 3.8) is 0 Å². The Labute approximate surface area is 153 Å². The molecular weight excluding hydrogens is 342 g/mol. The zero-order valence-electron chi connectivity index (χ0n) is 14.7. The summed E-state index contributed by atoms with van der Waals surface area (Å²) in [5.41, 5.74) is 3.59. The summed E-state index contributed by atoms with van der Waals surface area (Å²) < 4.78 is 25.8. The molecule has 0 aliphatic carbocycles. The van der Waals surface area contributed by atoms with E-state index in [0.717, 1.165) is 32.8 Å². The van der Waals surface area contributed by atoms with Crippen LogP contribution in [0.1, 0.15) is 16.8 Å². The molecule has 1 heterocycles. The van der Waals surface area contributed by atoms with Gasteiger partial charge in [-0.1, -0.05) is 59.7 Å². The van der Waals surface area contributed by atoms with E-state index in [4.69, 9.17) is 0 Å². The third-order valence-electron chi connectivity index (χ3n) is 4.64. The van der Waals surface area contributed by atoms with Gasteiger partial charge in [0.15, 0.2) is 9.84 Å². The number of pyridine rings is 1. The van der Waals surface area contributed by atoms with E-state index >= 15 is 0 Å². The minimum absolute atomic E-state index is 0.111. The number of para-hydroxylation sites is 1. The van der Waals surface area contributed by atoms with E-state index in [0.29, 0.717) is 10.6 Å². The zero-order valence-corrected chi connectivity index (χ0v) is 15.5. The van der Waals surface area contributed by atoms with Crippen LogP contribution in [0.2, 0.25) is 0 Å². The molecule has 0 radical (unpaired) electrons. The highest BCUT2D eigenvalue weighted by Gasteiger charge is 2.19. The summed E-state index contributed by atoms with van der Waals surface area (Å²) in [4.78, 5) is 5.01. The van der Waals surface area contributed by atoms with Crippen molar-refractivity contribution in [2.24, 2.45) is 0 Å². The molecule has 0 aliphatic rings. The van der Waals surface area contributed by atoms with Crippen LogP contribution in [0.4, 0.5) is 0 Å². The van der Waals surface area contributed by atoms with Crippen LogP contribution in [0.3, 0.4) is 0 Å². The fourth-order valence-corrected chi connectivity index (χ4v) is 4.55. The lowest BCUT2D eigenvalue weighted by Crippen LogP contribution is -2.07. The molecule has 0 N–H and O–H groups in total. The zero-order chi connectivity index (χ0) is 18.3. The third-order valence-corrected chi connectivity index (χ3v) is 6.29. The van der Waals surface area contributed by atoms with E-state index in [2.05, 4.69) is 11.1 Å². The first-order valence-corrected chi connectivity index (χ1v) is 10.2. The summed E-state index contributed by atoms with van der Waals surface area (Å²) in [6.45, 7) is 3.98. The number of hydrogen-bond acceptors (Lipinski definition) is 3. The van der Waals surface area contributed by atoms with Gasteiger partial charge in [-0.25, -0.2) is 8.42 Å². The number of hydrogen-bond donors (Lipinski definition) is 0. The van der Waals surface area contributed by atoms with Gasteiger partial charge in [-0.3, -0.25) is 4.98 Å². The first-order chi connectivity index (χ1) is 12.4. The predicted octanol–water partition coefficient (Wildman–Crippen LogP) is 4.98. The normalized spacial score (nSPS) is 11.9. The van der Waals surface area contributed by atoms with E-state index in [9.17, 15) is 8.42 Å². The van der Waals surface area contributed by atoms with Gasteiger partial charge in [0.05, 0.1) is 21.9 Å². The molecule has 0 atom stereocenters. The van der Waals surface area contributed by atoms with Gasteiger partial charge >= 0.3 is 0 Å². The number of nitrogens with zero attached hydrogens (tertiary/aromatic N) is 1. The molecule has 26 heavy (non-hydrogen) atoms. The topological polar surface area (TPSA) is 47.0 Å². The molecule has 0 spiro atoms. The average molecular weight is 361 g/mol. The second-order valence-corrected chi connectivity index (χ2v) is 8.69. The maximum atomic E-state index is 12.9. The largest absolute Gasteiger partial charge is 0.251 e. The van der Waals surface area contributed by atoms with E-state index in [1.165, 1.54) is 0 Å². The molecule has 0 unspecified atom stereocenters. The Kier molecular flexibility index (Phi) is 4.00. The number of rotatable bonds is 3. The monoisotopic (exact) mass is 361 g/mol. The van der Waals surface area contributed by atoms with Crippen LogP contribution in [0.15, 0.2) is 71.6 Å². The second kappa shape index (κ2) is 6.22. The summed E-state index contributed by atoms with van der Waals surface area (Å²) in [6.07, 6.45) is 0. The van der Waals surface area contributed by atoms with Crippen LogP contribution in [-0.4, -0.2) is 13.4 Å². The lowest BCUT2D eigenvalue weighted by Gasteiger charge is -2.11. The molecular formula is C22H19NO2S. The van der Waals surface area contributed by atoms with Gasteiger partial charge in [-0.2, -0.15) is 0 Å². The van der Waals surface area contributed by atoms with Gasteiger partial charge in [-0.05, 0) is 37.4 Å². The highest BCUT2D eigenvalue weighted by Crippen LogP contribution is 2.29. The molecule has 1 aromatic heterocycles. The van der Waals surface area contributed by atoms with Crippen molar-refractivity contribution < 1.29 is 8.42 Å². The summed E-state index contributed by atoms with van der Waals surface area (Å²) in [6, 6.07) is 20.9. The van der Waals surface area contributed by atoms with E-state index in [1.54, 1.807) is 12.1 Å². The van der Waals surface area contributed by atoms with Crippen LogP contribution in [0.5, 0.6) is 0 Å². The molecule has 0 aliphatic heterocycles. The summed E-state index contributed by atoms with van der Waals surface area (Å²) in [7, 11) is -3.46. The van der Waals surface area contributed by atoms with Crippen LogP contribution in [-0.2, 0) is 15.6 Å². The lowest BCUT2D eigenvalue weighted by molar-refractivity contribution is 0.595. The fourth-order valence-electron chi connectivity index (χ4n) is 3.26. The lowest BCUT2D eigenvalue weighted by atomic mass is 10.0. The first kappa shape index (κ1) is 16.7. The minimum atomic E-state index is -3.46. The van der Waals surface area contributed by atoms with Gasteiger partial charge in [0.1, 0.15) is 0 Å². The minimum Gasteiger partial charge on any atom is -0.251 e. The molecule has 4 aromatic rings. The van der Waals surface area contributed by atoms with Crippen molar-refractivity contribution in [3.8, 4) is 0 Å². The summed E-state index contributed by atoms with van der Waals surface area (Å²) in [5, 5.41) is 2.98. The highest BCUT2D eigenvalue weighted by atomic mass is 32.2. The Morgan fingerprint density at radius 2 is 1.46 bits per heavy atom. The van der Waals surface area contributed by atoms with E-state index in [1.807, 2.05) is 62.4 Å². The van der Waals surface area contributed by atoms with Gasteiger partial charge in [0.25, 0.3) is 0 Å². The maximum absolute atomic E-state index is 12.9. The molecule has 0 saturated carbocycles. The number of benzene rings is 3. The van der Waals surface area contributed by atoms with Crippen LogP contribution in [0.25, 0.3) is 21.7 Å². The molecule has 3 aromatic carbocycles. The van der Waals surface area contributed by atoms with Crippen molar-refractivity contribution in [2.45, 2.75) is 24.5 Å². The van der Waals surface area contributed by atoms with E-state index in [-0.39, 0.29) is 5.75 Å². The Bertz CT molecular complexity index is 1230. The molecule has 0 bridgehead atoms. The Balaban J connectivity index is 1.91. The van der Waals surface area contributed by atoms with Crippen molar-refractivity contribution in [1.82, 2.24) is 4.98 Å². The Morgan fingerprint density at radius 1 is 0.769 bits per heavy atom. The number of fused-ring (bicyclic) bond motifs is 3. The standard InChI is InChI=1S/C22H19NO2S/c1-15-7-10-17(11-8-15)26(24,25)14-22-19-12-9-16(2)13-20(19)18-5-3-4-6-21(18)23-22/h3-13H,14H2,1-2H3. The van der Waals surface area contributed by atoms with Crippen molar-refractivity contribution >= 4 is 31.5 Å². The highest BCUT2D eigenvalue weighted by molar-refractivity contribution is 7.90. The molecule has 4 rings (SSSR count). The van der Waals surface area contributed by atoms with Gasteiger partial charge < -0.3 is 0 Å². The maximum Gasteiger partial charge on any atom is 0.184 e. The molecule has 3 nitrogen and oxygen atoms in total. The van der Waals surface area contributed by atoms with Gasteiger partial charge in [0, 0.05) is 10.8 Å². The van der Waals surface area contributed by atoms with Crippen LogP contribution >= 0.6 is 0 Å². The summed E-state index contributed by atoms with van der Waals surface area (Å²) >= 11 is 0. The average Bonchev–Trinajstić information content (AvgIpc) is 2.62. The van der Waals surface area contributed by atoms with Crippen molar-refractivity contribution in [1.29, 1.82) is 0 Å². The van der Waals surface area contributed by atoms with Crippen LogP contribution in [0, 0.1) is 13.8 Å². The molecule has 0 saturated heterocycles. The Hall–Kier alpha value is -2.72. The third kappa shape index (κ3) is 2.97. The summed E-state index contributed by atoms with van der Waals surface area (Å²) in [5.74, 6) is -0.111. The van der Waals surface area contributed by atoms with Gasteiger partial charge in [-0.15, -0.1) is 0 Å². The first-order valence-electron chi connectivity index (χ1n) is 8.51. The quantitative estimate of drug-likeness (QED) is 0.484. The number of aromatic nitrogens is 1. The SMILES string of the molecule is Cc1ccc(S(=O)(=O)Cc2nc3ccccc3c3cc(C)ccc23)cc1. The van der Waals surface area contributed by atoms with Crippen molar-refractivity contribution in [2.75, 3.05) is 0 Å². The molecule has 130 valence electrons. The predicted molar refractivity (Wildman–Crippen MR) is 106 cm³/mol. The second-order valence-electron chi connectivity index (χ2n) is 6.70. The van der Waals surface area contributed by atoms with Crippen LogP contribution < -0.4 is 0 Å². The molecule has 4 heteroatoms. The smallest absolute Gasteiger partial charge is 0.184 e. The number of aryl methyl sites for hydroxylation is 2. The number of sulfone groups is 1. The van der Waals surface area contributed by atoms with Crippen molar-refractivity contribution in [3.05, 3.63) is 83.6 Å². The molecule has 0 amide bonds. The Morgan fingerprint density at radius 3 is 2.23 bits per heavy atom. The fraction of sp³-hybridized carbons (Fsp3) is 0.136. The molecule has 0 fully saturated rings. The van der Waals surface area contributed by atoms with E-state index < -0.39 is 9.84 Å².